The number of cyclic esters (lactones) is 1. The average molecular weight is 502 g/mol. The number of rotatable bonds is 8. The molecule has 0 radical (unpaired) electrons. The highest BCUT2D eigenvalue weighted by atomic mass is 32.1. The van der Waals surface area contributed by atoms with Crippen molar-refractivity contribution in [1.82, 2.24) is 5.32 Å². The van der Waals surface area contributed by atoms with Gasteiger partial charge < -0.3 is 20.1 Å². The van der Waals surface area contributed by atoms with Crippen molar-refractivity contribution < 1.29 is 23.5 Å². The minimum absolute atomic E-state index is 0.0477. The van der Waals surface area contributed by atoms with E-state index < -0.39 is 29.4 Å². The summed E-state index contributed by atoms with van der Waals surface area (Å²) in [6.45, 7) is 8.01. The minimum Gasteiger partial charge on any atom is -0.462 e. The number of anilines is 3. The summed E-state index contributed by atoms with van der Waals surface area (Å²) in [5.41, 5.74) is 0.940. The summed E-state index contributed by atoms with van der Waals surface area (Å²) in [5.74, 6) is -1.28. The van der Waals surface area contributed by atoms with E-state index in [-0.39, 0.29) is 36.0 Å². The molecule has 0 saturated carbocycles. The van der Waals surface area contributed by atoms with E-state index in [1.54, 1.807) is 26.0 Å². The van der Waals surface area contributed by atoms with E-state index in [4.69, 9.17) is 21.7 Å². The van der Waals surface area contributed by atoms with E-state index >= 15 is 4.39 Å². The van der Waals surface area contributed by atoms with Crippen molar-refractivity contribution in [3.63, 3.8) is 0 Å². The molecule has 0 aliphatic carbocycles. The second-order valence-electron chi connectivity index (χ2n) is 8.34. The van der Waals surface area contributed by atoms with Crippen molar-refractivity contribution in [3.8, 4) is 0 Å². The van der Waals surface area contributed by atoms with E-state index in [0.717, 1.165) is 0 Å². The number of nitrogens with zero attached hydrogens (tertiary/aromatic N) is 1. The second kappa shape index (κ2) is 11.3. The van der Waals surface area contributed by atoms with Gasteiger partial charge in [-0.3, -0.25) is 9.69 Å². The summed E-state index contributed by atoms with van der Waals surface area (Å²) in [5, 5.41) is 5.78. The van der Waals surface area contributed by atoms with Crippen molar-refractivity contribution in [2.75, 3.05) is 29.9 Å². The van der Waals surface area contributed by atoms with Crippen LogP contribution in [-0.4, -0.2) is 42.9 Å². The molecule has 2 N–H and O–H groups in total. The number of amides is 1. The molecule has 1 atom stereocenters. The number of carbonyl (C=O) groups excluding carboxylic acids is 2. The second-order valence-corrected chi connectivity index (χ2v) is 8.95. The van der Waals surface area contributed by atoms with Gasteiger partial charge in [-0.15, -0.1) is 0 Å². The molecule has 1 amide bonds. The van der Waals surface area contributed by atoms with E-state index in [1.807, 2.05) is 13.8 Å². The Hall–Kier alpha value is -3.53. The van der Waals surface area contributed by atoms with E-state index in [9.17, 15) is 14.4 Å². The van der Waals surface area contributed by atoms with Crippen molar-refractivity contribution in [1.29, 1.82) is 0 Å². The van der Waals surface area contributed by atoms with Gasteiger partial charge in [-0.1, -0.05) is 26.1 Å². The Morgan fingerprint density at radius 2 is 1.97 bits per heavy atom. The lowest BCUT2D eigenvalue weighted by Gasteiger charge is -2.15. The smallest absolute Gasteiger partial charge is 0.414 e. The maximum Gasteiger partial charge on any atom is 0.414 e. The SMILES string of the molecule is CCOC(=O)c1ccc(=O)c(Nc2ccc(N3C[C@H](CNC(C)=S)OC3=O)cc2F)cc1C(C)C. The first-order valence-electron chi connectivity index (χ1n) is 11.2. The molecule has 8 nitrogen and oxygen atoms in total. The maximum absolute atomic E-state index is 15.0. The van der Waals surface area contributed by atoms with E-state index in [2.05, 4.69) is 10.6 Å². The lowest BCUT2D eigenvalue weighted by atomic mass is 9.99. The predicted octanol–water partition coefficient (Wildman–Crippen LogP) is 4.49. The van der Waals surface area contributed by atoms with Crippen LogP contribution in [0, 0.1) is 5.82 Å². The lowest BCUT2D eigenvalue weighted by Crippen LogP contribution is -2.32. The highest BCUT2D eigenvalue weighted by molar-refractivity contribution is 7.80. The number of thiocarbonyl (C=S) groups is 1. The monoisotopic (exact) mass is 501 g/mol. The van der Waals surface area contributed by atoms with Crippen LogP contribution in [0.4, 0.5) is 26.2 Å². The zero-order chi connectivity index (χ0) is 25.7. The molecule has 0 unspecified atom stereocenters. The molecular weight excluding hydrogens is 473 g/mol. The van der Waals surface area contributed by atoms with Crippen LogP contribution in [0.3, 0.4) is 0 Å². The summed E-state index contributed by atoms with van der Waals surface area (Å²) in [6.07, 6.45) is -0.999. The molecule has 1 aliphatic heterocycles. The Kier molecular flexibility index (Phi) is 8.39. The van der Waals surface area contributed by atoms with Crippen LogP contribution < -0.4 is 21.0 Å². The Bertz CT molecular complexity index is 1200. The molecule has 3 rings (SSSR count). The summed E-state index contributed by atoms with van der Waals surface area (Å²) in [6, 6.07) is 8.43. The van der Waals surface area contributed by atoms with Crippen molar-refractivity contribution in [2.45, 2.75) is 39.7 Å². The molecule has 2 aromatic rings. The van der Waals surface area contributed by atoms with Crippen molar-refractivity contribution >= 4 is 46.3 Å². The van der Waals surface area contributed by atoms with Crippen LogP contribution in [0.1, 0.15) is 49.5 Å². The fourth-order valence-electron chi connectivity index (χ4n) is 3.63. The first-order chi connectivity index (χ1) is 16.6. The number of nitrogens with one attached hydrogen (secondary N) is 2. The standard InChI is InChI=1S/C25H28FN3O5S/c1-5-33-24(31)18-7-9-23(30)22(11-19(18)14(2)3)28-21-8-6-16(10-20(21)26)29-13-17(34-25(29)32)12-27-15(4)35/h6-11,14,17H,5,12-13H2,1-4H3,(H,27,35)(H,28,30)/t17-/m0/s1. The van der Waals surface area contributed by atoms with Gasteiger partial charge in [0.1, 0.15) is 11.9 Å². The molecule has 0 bridgehead atoms. The molecule has 10 heteroatoms. The topological polar surface area (TPSA) is 97.0 Å². The zero-order valence-electron chi connectivity index (χ0n) is 20.0. The highest BCUT2D eigenvalue weighted by Crippen LogP contribution is 2.28. The fraction of sp³-hybridized carbons (Fsp3) is 0.360. The summed E-state index contributed by atoms with van der Waals surface area (Å²) in [4.78, 5) is 39.2. The van der Waals surface area contributed by atoms with Gasteiger partial charge in [0.25, 0.3) is 0 Å². The number of esters is 1. The summed E-state index contributed by atoms with van der Waals surface area (Å²) >= 11 is 4.97. The van der Waals surface area contributed by atoms with Gasteiger partial charge in [0, 0.05) is 0 Å². The van der Waals surface area contributed by atoms with Gasteiger partial charge in [-0.05, 0) is 61.7 Å². The quantitative estimate of drug-likeness (QED) is 0.403. The van der Waals surface area contributed by atoms with Gasteiger partial charge in [0.2, 0.25) is 5.43 Å². The zero-order valence-corrected chi connectivity index (χ0v) is 20.8. The molecule has 1 fully saturated rings. The van der Waals surface area contributed by atoms with Gasteiger partial charge in [-0.25, -0.2) is 14.0 Å². The normalized spacial score (nSPS) is 15.1. The molecule has 2 aromatic carbocycles. The minimum atomic E-state index is -0.658. The van der Waals surface area contributed by atoms with Gasteiger partial charge in [0.15, 0.2) is 0 Å². The van der Waals surface area contributed by atoms with Crippen LogP contribution in [-0.2, 0) is 9.47 Å². The first-order valence-corrected chi connectivity index (χ1v) is 11.7. The molecule has 186 valence electrons. The number of carbonyl (C=O) groups is 2. The van der Waals surface area contributed by atoms with Crippen molar-refractivity contribution in [3.05, 3.63) is 63.6 Å². The molecule has 35 heavy (non-hydrogen) atoms. The molecule has 0 spiro atoms. The number of halogens is 1. The third-order valence-corrected chi connectivity index (χ3v) is 5.53. The number of hydrogen-bond acceptors (Lipinski definition) is 7. The van der Waals surface area contributed by atoms with Gasteiger partial charge in [-0.2, -0.15) is 0 Å². The largest absolute Gasteiger partial charge is 0.462 e. The maximum atomic E-state index is 15.0. The van der Waals surface area contributed by atoms with E-state index in [1.165, 1.54) is 29.2 Å². The third kappa shape index (κ3) is 6.33. The fourth-order valence-corrected chi connectivity index (χ4v) is 3.72. The molecule has 1 heterocycles. The first kappa shape index (κ1) is 26.1. The highest BCUT2D eigenvalue weighted by Gasteiger charge is 2.32. The lowest BCUT2D eigenvalue weighted by molar-refractivity contribution is 0.0524. The molecule has 0 aromatic heterocycles. The Morgan fingerprint density at radius 1 is 1.23 bits per heavy atom. The summed E-state index contributed by atoms with van der Waals surface area (Å²) in [7, 11) is 0. The average Bonchev–Trinajstić information content (AvgIpc) is 3.08. The van der Waals surface area contributed by atoms with Gasteiger partial charge >= 0.3 is 12.1 Å². The number of benzene rings is 1. The van der Waals surface area contributed by atoms with E-state index in [0.29, 0.717) is 22.8 Å². The molecule has 1 saturated heterocycles. The molecular formula is C25H28FN3O5S. The van der Waals surface area contributed by atoms with Crippen LogP contribution in [0.15, 0.2) is 41.2 Å². The molecule has 1 aliphatic rings. The predicted molar refractivity (Wildman–Crippen MR) is 136 cm³/mol. The number of hydrogen-bond donors (Lipinski definition) is 2. The van der Waals surface area contributed by atoms with Crippen molar-refractivity contribution in [2.24, 2.45) is 0 Å². The van der Waals surface area contributed by atoms with Crippen LogP contribution in [0.25, 0.3) is 0 Å². The van der Waals surface area contributed by atoms with Crippen LogP contribution in [0.2, 0.25) is 0 Å². The van der Waals surface area contributed by atoms with Gasteiger partial charge in [0.05, 0.1) is 47.3 Å². The number of ether oxygens (including phenoxy) is 2. The Morgan fingerprint density at radius 3 is 2.60 bits per heavy atom. The Labute approximate surface area is 208 Å². The summed E-state index contributed by atoms with van der Waals surface area (Å²) < 4.78 is 25.4. The van der Waals surface area contributed by atoms with Crippen LogP contribution in [0.5, 0.6) is 0 Å². The Balaban J connectivity index is 1.86. The van der Waals surface area contributed by atoms with Crippen LogP contribution >= 0.6 is 12.2 Å². The third-order valence-electron chi connectivity index (χ3n) is 5.38.